The van der Waals surface area contributed by atoms with Crippen LogP contribution in [-0.2, 0) is 6.54 Å². The van der Waals surface area contributed by atoms with Gasteiger partial charge in [-0.15, -0.1) is 0 Å². The second-order valence-corrected chi connectivity index (χ2v) is 5.00. The predicted molar refractivity (Wildman–Crippen MR) is 77.4 cm³/mol. The smallest absolute Gasteiger partial charge is 0.185 e. The number of nitrogens with zero attached hydrogens (tertiary/aromatic N) is 1. The molecule has 0 aliphatic carbocycles. The van der Waals surface area contributed by atoms with Gasteiger partial charge in [-0.2, -0.15) is 0 Å². The maximum atomic E-state index is 13.7. The number of fused-ring (bicyclic) bond motifs is 1. The van der Waals surface area contributed by atoms with Crippen LogP contribution in [0.3, 0.4) is 0 Å². The number of carbonyl (C=O) groups excluding carboxylic acids is 1. The van der Waals surface area contributed by atoms with E-state index in [9.17, 15) is 13.6 Å². The van der Waals surface area contributed by atoms with Gasteiger partial charge in [0.05, 0.1) is 12.1 Å². The number of halogens is 2. The Balaban J connectivity index is 1.97. The van der Waals surface area contributed by atoms with Gasteiger partial charge in [-0.1, -0.05) is 18.2 Å². The van der Waals surface area contributed by atoms with Crippen LogP contribution < -0.4 is 0 Å². The fourth-order valence-electron chi connectivity index (χ4n) is 2.52. The number of hydrogen-bond donors (Lipinski definition) is 0. The van der Waals surface area contributed by atoms with Crippen LogP contribution in [0.25, 0.3) is 10.9 Å². The number of aryl methyl sites for hydroxylation is 1. The number of carbonyl (C=O) groups is 1. The fourth-order valence-corrected chi connectivity index (χ4v) is 2.52. The molecule has 1 heterocycles. The van der Waals surface area contributed by atoms with Crippen molar-refractivity contribution in [3.05, 3.63) is 71.4 Å². The summed E-state index contributed by atoms with van der Waals surface area (Å²) in [5.41, 5.74) is 1.88. The summed E-state index contributed by atoms with van der Waals surface area (Å²) in [4.78, 5) is 12.2. The van der Waals surface area contributed by atoms with Gasteiger partial charge in [-0.25, -0.2) is 8.78 Å². The van der Waals surface area contributed by atoms with E-state index in [1.807, 2.05) is 37.4 Å². The van der Waals surface area contributed by atoms with E-state index in [0.717, 1.165) is 28.6 Å². The molecular weight excluding hydrogens is 272 g/mol. The molecule has 21 heavy (non-hydrogen) atoms. The van der Waals surface area contributed by atoms with Crippen molar-refractivity contribution in [3.8, 4) is 0 Å². The second-order valence-electron chi connectivity index (χ2n) is 5.00. The molecule has 106 valence electrons. The summed E-state index contributed by atoms with van der Waals surface area (Å²) in [5.74, 6) is -1.90. The van der Waals surface area contributed by atoms with Gasteiger partial charge in [0.25, 0.3) is 0 Å². The molecule has 0 saturated heterocycles. The number of benzene rings is 2. The van der Waals surface area contributed by atoms with Crippen LogP contribution in [0, 0.1) is 18.6 Å². The van der Waals surface area contributed by atoms with Crippen LogP contribution in [-0.4, -0.2) is 10.4 Å². The lowest BCUT2D eigenvalue weighted by atomic mass is 10.1. The minimum Gasteiger partial charge on any atom is -0.339 e. The van der Waals surface area contributed by atoms with Crippen molar-refractivity contribution in [1.29, 1.82) is 0 Å². The molecule has 0 atom stereocenters. The van der Waals surface area contributed by atoms with Crippen molar-refractivity contribution in [1.82, 2.24) is 4.57 Å². The van der Waals surface area contributed by atoms with Crippen LogP contribution >= 0.6 is 0 Å². The molecule has 0 fully saturated rings. The van der Waals surface area contributed by atoms with E-state index in [-0.39, 0.29) is 17.9 Å². The van der Waals surface area contributed by atoms with E-state index < -0.39 is 11.6 Å². The molecule has 0 aliphatic rings. The maximum Gasteiger partial charge on any atom is 0.185 e. The molecule has 0 saturated carbocycles. The summed E-state index contributed by atoms with van der Waals surface area (Å²) in [5, 5.41) is 1.06. The predicted octanol–water partition coefficient (Wildman–Crippen LogP) is 4.11. The Bertz CT molecular complexity index is 836. The highest BCUT2D eigenvalue weighted by Gasteiger charge is 2.14. The molecule has 4 heteroatoms. The Morgan fingerprint density at radius 1 is 1.14 bits per heavy atom. The lowest BCUT2D eigenvalue weighted by molar-refractivity contribution is 0.0969. The van der Waals surface area contributed by atoms with Gasteiger partial charge < -0.3 is 4.57 Å². The quantitative estimate of drug-likeness (QED) is 0.664. The summed E-state index contributed by atoms with van der Waals surface area (Å²) in [6.45, 7) is 1.98. The van der Waals surface area contributed by atoms with E-state index >= 15 is 0 Å². The summed E-state index contributed by atoms with van der Waals surface area (Å²) in [7, 11) is 0. The molecule has 0 radical (unpaired) electrons. The summed E-state index contributed by atoms with van der Waals surface area (Å²) < 4.78 is 28.3. The number of para-hydroxylation sites is 1. The van der Waals surface area contributed by atoms with Crippen LogP contribution in [0.1, 0.15) is 15.9 Å². The maximum absolute atomic E-state index is 13.7. The molecule has 2 nitrogen and oxygen atoms in total. The van der Waals surface area contributed by atoms with Gasteiger partial charge in [0, 0.05) is 23.2 Å². The largest absolute Gasteiger partial charge is 0.339 e. The number of aromatic nitrogens is 1. The van der Waals surface area contributed by atoms with Crippen molar-refractivity contribution in [2.24, 2.45) is 0 Å². The van der Waals surface area contributed by atoms with Crippen molar-refractivity contribution in [2.45, 2.75) is 13.5 Å². The monoisotopic (exact) mass is 285 g/mol. The van der Waals surface area contributed by atoms with Crippen molar-refractivity contribution >= 4 is 16.7 Å². The molecular formula is C17H13F2NO. The molecule has 0 spiro atoms. The second kappa shape index (κ2) is 5.13. The van der Waals surface area contributed by atoms with Crippen molar-refractivity contribution < 1.29 is 13.6 Å². The van der Waals surface area contributed by atoms with E-state index in [1.54, 1.807) is 4.57 Å². The Morgan fingerprint density at radius 3 is 2.67 bits per heavy atom. The van der Waals surface area contributed by atoms with Crippen LogP contribution in [0.2, 0.25) is 0 Å². The number of hydrogen-bond acceptors (Lipinski definition) is 1. The van der Waals surface area contributed by atoms with Gasteiger partial charge in [0.2, 0.25) is 0 Å². The van der Waals surface area contributed by atoms with Crippen LogP contribution in [0.15, 0.2) is 48.7 Å². The van der Waals surface area contributed by atoms with E-state index in [1.165, 1.54) is 6.07 Å². The molecule has 0 amide bonds. The minimum atomic E-state index is -0.826. The average molecular weight is 285 g/mol. The normalized spacial score (nSPS) is 11.0. The first-order valence-electron chi connectivity index (χ1n) is 6.59. The van der Waals surface area contributed by atoms with Gasteiger partial charge in [-0.05, 0) is 30.7 Å². The van der Waals surface area contributed by atoms with Gasteiger partial charge in [0.15, 0.2) is 5.78 Å². The molecule has 3 rings (SSSR count). The average Bonchev–Trinajstić information content (AvgIpc) is 2.76. The van der Waals surface area contributed by atoms with E-state index in [4.69, 9.17) is 0 Å². The molecule has 1 aromatic heterocycles. The highest BCUT2D eigenvalue weighted by molar-refractivity contribution is 5.97. The third-order valence-corrected chi connectivity index (χ3v) is 3.53. The first-order valence-corrected chi connectivity index (χ1v) is 6.59. The topological polar surface area (TPSA) is 22.0 Å². The SMILES string of the molecule is Cc1cn(CC(=O)c2ccc(F)cc2F)c2ccccc12. The number of Topliss-reactive ketones (excluding diaryl/α,β-unsaturated/α-hetero) is 1. The van der Waals surface area contributed by atoms with Crippen molar-refractivity contribution in [2.75, 3.05) is 0 Å². The first kappa shape index (κ1) is 13.5. The summed E-state index contributed by atoms with van der Waals surface area (Å²) >= 11 is 0. The summed E-state index contributed by atoms with van der Waals surface area (Å²) in [6.07, 6.45) is 1.87. The summed E-state index contributed by atoms with van der Waals surface area (Å²) in [6, 6.07) is 10.7. The molecule has 0 N–H and O–H groups in total. The Kier molecular flexibility index (Phi) is 3.29. The van der Waals surface area contributed by atoms with Gasteiger partial charge in [-0.3, -0.25) is 4.79 Å². The molecule has 0 bridgehead atoms. The fraction of sp³-hybridized carbons (Fsp3) is 0.118. The number of ketones is 1. The van der Waals surface area contributed by atoms with Crippen molar-refractivity contribution in [3.63, 3.8) is 0 Å². The zero-order valence-electron chi connectivity index (χ0n) is 11.4. The zero-order valence-corrected chi connectivity index (χ0v) is 11.4. The highest BCUT2D eigenvalue weighted by atomic mass is 19.1. The Labute approximate surface area is 120 Å². The Hall–Kier alpha value is -2.49. The Morgan fingerprint density at radius 2 is 1.90 bits per heavy atom. The molecule has 3 aromatic rings. The van der Waals surface area contributed by atoms with Crippen LogP contribution in [0.4, 0.5) is 8.78 Å². The van der Waals surface area contributed by atoms with E-state index in [0.29, 0.717) is 0 Å². The minimum absolute atomic E-state index is 0.0247. The van der Waals surface area contributed by atoms with Crippen LogP contribution in [0.5, 0.6) is 0 Å². The zero-order chi connectivity index (χ0) is 15.0. The van der Waals surface area contributed by atoms with Gasteiger partial charge >= 0.3 is 0 Å². The standard InChI is InChI=1S/C17H13F2NO/c1-11-9-20(16-5-3-2-4-13(11)16)10-17(21)14-7-6-12(18)8-15(14)19/h2-9H,10H2,1H3. The highest BCUT2D eigenvalue weighted by Crippen LogP contribution is 2.21. The van der Waals surface area contributed by atoms with E-state index in [2.05, 4.69) is 0 Å². The molecule has 2 aromatic carbocycles. The third-order valence-electron chi connectivity index (χ3n) is 3.53. The molecule has 0 aliphatic heterocycles. The lowest BCUT2D eigenvalue weighted by Crippen LogP contribution is -2.11. The lowest BCUT2D eigenvalue weighted by Gasteiger charge is -2.06. The first-order chi connectivity index (χ1) is 10.1. The van der Waals surface area contributed by atoms with Gasteiger partial charge in [0.1, 0.15) is 11.6 Å². The third kappa shape index (κ3) is 2.44. The number of rotatable bonds is 3. The molecule has 0 unspecified atom stereocenters.